The van der Waals surface area contributed by atoms with Crippen molar-refractivity contribution in [3.8, 4) is 0 Å². The minimum absolute atomic E-state index is 0.281. The first-order valence-electron chi connectivity index (χ1n) is 7.88. The molecule has 0 aromatic carbocycles. The summed E-state index contributed by atoms with van der Waals surface area (Å²) in [6.45, 7) is 7.92. The number of rotatable bonds is 11. The maximum absolute atomic E-state index is 11.2. The Bertz CT molecular complexity index is 362. The summed E-state index contributed by atoms with van der Waals surface area (Å²) in [6.07, 6.45) is 1.22. The quantitative estimate of drug-likeness (QED) is 0.232. The van der Waals surface area contributed by atoms with Crippen molar-refractivity contribution < 1.29 is 9.53 Å². The van der Waals surface area contributed by atoms with Crippen LogP contribution in [0, 0.1) is 0 Å². The van der Waals surface area contributed by atoms with Crippen molar-refractivity contribution in [3.05, 3.63) is 12.2 Å². The normalized spacial score (nSPS) is 22.6. The summed E-state index contributed by atoms with van der Waals surface area (Å²) in [7, 11) is 0. The van der Waals surface area contributed by atoms with Crippen molar-refractivity contribution in [1.82, 2.24) is 0 Å². The monoisotopic (exact) mass is 412 g/mol. The fourth-order valence-electron chi connectivity index (χ4n) is 2.02. The fraction of sp³-hybridized carbons (Fsp3) is 0.812. The number of carbonyl (C=O) groups excluding carboxylic acids is 1. The lowest BCUT2D eigenvalue weighted by atomic mass is 10.3. The Labute approximate surface area is 163 Å². The highest BCUT2D eigenvalue weighted by Gasteiger charge is 2.23. The van der Waals surface area contributed by atoms with E-state index in [-0.39, 0.29) is 5.97 Å². The average molecular weight is 413 g/mol. The van der Waals surface area contributed by atoms with E-state index in [1.807, 2.05) is 11.8 Å². The first-order valence-corrected chi connectivity index (χ1v) is 12.8. The fourth-order valence-corrected chi connectivity index (χ4v) is 8.13. The molecule has 0 aliphatic carbocycles. The minimum atomic E-state index is -0.281. The molecule has 0 aromatic rings. The molecule has 1 fully saturated rings. The number of ether oxygens (including phenoxy) is 1. The number of thiol groups is 1. The van der Waals surface area contributed by atoms with E-state index >= 15 is 0 Å². The van der Waals surface area contributed by atoms with Crippen LogP contribution in [0.2, 0.25) is 0 Å². The van der Waals surface area contributed by atoms with Crippen LogP contribution in [0.1, 0.15) is 20.3 Å². The van der Waals surface area contributed by atoms with Gasteiger partial charge in [0.15, 0.2) is 0 Å². The Hall–Kier alpha value is 0.960. The summed E-state index contributed by atoms with van der Waals surface area (Å²) in [5.74, 6) is 6.72. The van der Waals surface area contributed by atoms with Crippen molar-refractivity contribution in [1.29, 1.82) is 0 Å². The van der Waals surface area contributed by atoms with Gasteiger partial charge in [0, 0.05) is 50.6 Å². The van der Waals surface area contributed by atoms with Crippen molar-refractivity contribution in [2.45, 2.75) is 36.0 Å². The Morgan fingerprint density at radius 3 is 2.70 bits per heavy atom. The first-order chi connectivity index (χ1) is 11.0. The molecule has 3 unspecified atom stereocenters. The maximum Gasteiger partial charge on any atom is 0.333 e. The molecule has 1 heterocycles. The van der Waals surface area contributed by atoms with Gasteiger partial charge in [0.2, 0.25) is 0 Å². The number of esters is 1. The zero-order valence-corrected chi connectivity index (χ0v) is 18.2. The van der Waals surface area contributed by atoms with Gasteiger partial charge in [0.05, 0.1) is 0 Å². The van der Waals surface area contributed by atoms with E-state index in [9.17, 15) is 4.79 Å². The molecule has 1 aliphatic rings. The number of thioether (sulfide) groups is 4. The predicted octanol–water partition coefficient (Wildman–Crippen LogP) is 4.50. The number of hydrogen-bond acceptors (Lipinski definition) is 7. The lowest BCUT2D eigenvalue weighted by Gasteiger charge is -2.29. The van der Waals surface area contributed by atoms with Crippen LogP contribution < -0.4 is 0 Å². The number of carbonyl (C=O) groups is 1. The molecule has 0 saturated carbocycles. The molecule has 23 heavy (non-hydrogen) atoms. The van der Waals surface area contributed by atoms with E-state index in [2.05, 4.69) is 61.4 Å². The van der Waals surface area contributed by atoms with Crippen LogP contribution >= 0.6 is 59.7 Å². The van der Waals surface area contributed by atoms with Crippen LogP contribution in [-0.4, -0.2) is 62.8 Å². The third kappa shape index (κ3) is 11.2. The Kier molecular flexibility index (Phi) is 12.6. The van der Waals surface area contributed by atoms with Gasteiger partial charge in [-0.1, -0.05) is 13.5 Å². The second-order valence-electron chi connectivity index (χ2n) is 5.61. The molecule has 1 aliphatic heterocycles. The van der Waals surface area contributed by atoms with Gasteiger partial charge in [-0.25, -0.2) is 4.79 Å². The zero-order valence-electron chi connectivity index (χ0n) is 14.0. The summed E-state index contributed by atoms with van der Waals surface area (Å²) in [6, 6.07) is 0. The van der Waals surface area contributed by atoms with Crippen LogP contribution in [0.15, 0.2) is 12.2 Å². The molecular weight excluding hydrogens is 385 g/mol. The SMILES string of the molecule is C=C(C)C(=O)OCCSCCSCC1CSCC(CC(C)S)S1. The van der Waals surface area contributed by atoms with E-state index in [1.54, 1.807) is 6.92 Å². The van der Waals surface area contributed by atoms with Gasteiger partial charge in [0.25, 0.3) is 0 Å². The van der Waals surface area contributed by atoms with E-state index in [0.29, 0.717) is 17.4 Å². The summed E-state index contributed by atoms with van der Waals surface area (Å²) in [4.78, 5) is 11.2. The third-order valence-electron chi connectivity index (χ3n) is 3.08. The highest BCUT2D eigenvalue weighted by Crippen LogP contribution is 2.35. The Morgan fingerprint density at radius 2 is 2.00 bits per heavy atom. The summed E-state index contributed by atoms with van der Waals surface area (Å²) in [5.41, 5.74) is 0.471. The topological polar surface area (TPSA) is 26.3 Å². The van der Waals surface area contributed by atoms with Gasteiger partial charge in [0.1, 0.15) is 6.61 Å². The first kappa shape index (κ1) is 22.0. The van der Waals surface area contributed by atoms with E-state index < -0.39 is 0 Å². The van der Waals surface area contributed by atoms with Crippen LogP contribution in [0.4, 0.5) is 0 Å². The van der Waals surface area contributed by atoms with Gasteiger partial charge in [-0.3, -0.25) is 0 Å². The summed E-state index contributed by atoms with van der Waals surface area (Å²) < 4.78 is 5.07. The molecule has 134 valence electrons. The van der Waals surface area contributed by atoms with E-state index in [0.717, 1.165) is 22.0 Å². The summed E-state index contributed by atoms with van der Waals surface area (Å²) in [5, 5.41) is 2.08. The van der Waals surface area contributed by atoms with E-state index in [4.69, 9.17) is 4.74 Å². The van der Waals surface area contributed by atoms with Crippen LogP contribution in [0.5, 0.6) is 0 Å². The molecule has 0 radical (unpaired) electrons. The minimum Gasteiger partial charge on any atom is -0.461 e. The van der Waals surface area contributed by atoms with Crippen LogP contribution in [0.3, 0.4) is 0 Å². The smallest absolute Gasteiger partial charge is 0.333 e. The van der Waals surface area contributed by atoms with Crippen molar-refractivity contribution >= 4 is 65.6 Å². The standard InChI is InChI=1S/C16H28O2S5/c1-12(2)16(17)18-4-5-20-6-7-21-10-15-11-22-9-14(23-15)8-13(3)19/h13-15,19H,1,4-11H2,2-3H3. The molecule has 0 N–H and O–H groups in total. The summed E-state index contributed by atoms with van der Waals surface area (Å²) >= 11 is 12.7. The molecule has 1 saturated heterocycles. The molecule has 0 spiro atoms. The Balaban J connectivity index is 1.96. The predicted molar refractivity (Wildman–Crippen MR) is 116 cm³/mol. The van der Waals surface area contributed by atoms with Crippen molar-refractivity contribution in [3.63, 3.8) is 0 Å². The maximum atomic E-state index is 11.2. The highest BCUT2D eigenvalue weighted by molar-refractivity contribution is 8.08. The Morgan fingerprint density at radius 1 is 1.30 bits per heavy atom. The largest absolute Gasteiger partial charge is 0.461 e. The molecular formula is C16H28O2S5. The molecule has 0 bridgehead atoms. The van der Waals surface area contributed by atoms with Gasteiger partial charge in [-0.15, -0.1) is 0 Å². The van der Waals surface area contributed by atoms with Gasteiger partial charge in [-0.05, 0) is 18.6 Å². The lowest BCUT2D eigenvalue weighted by molar-refractivity contribution is -0.138. The van der Waals surface area contributed by atoms with Crippen LogP contribution in [0.25, 0.3) is 0 Å². The van der Waals surface area contributed by atoms with Crippen molar-refractivity contribution in [2.75, 3.05) is 41.1 Å². The zero-order chi connectivity index (χ0) is 17.1. The number of hydrogen-bond donors (Lipinski definition) is 1. The second-order valence-corrected chi connectivity index (χ2v) is 11.5. The van der Waals surface area contributed by atoms with Crippen molar-refractivity contribution in [2.24, 2.45) is 0 Å². The van der Waals surface area contributed by atoms with Crippen LogP contribution in [-0.2, 0) is 9.53 Å². The van der Waals surface area contributed by atoms with E-state index in [1.165, 1.54) is 29.4 Å². The average Bonchev–Trinajstić information content (AvgIpc) is 2.49. The molecule has 0 amide bonds. The molecule has 0 aromatic heterocycles. The van der Waals surface area contributed by atoms with Gasteiger partial charge >= 0.3 is 5.97 Å². The molecule has 1 rings (SSSR count). The van der Waals surface area contributed by atoms with Gasteiger partial charge in [-0.2, -0.15) is 59.7 Å². The van der Waals surface area contributed by atoms with Gasteiger partial charge < -0.3 is 4.74 Å². The molecule has 3 atom stereocenters. The lowest BCUT2D eigenvalue weighted by Crippen LogP contribution is -2.25. The second kappa shape index (κ2) is 13.2. The molecule has 2 nitrogen and oxygen atoms in total. The molecule has 7 heteroatoms. The third-order valence-corrected chi connectivity index (χ3v) is 9.00. The highest BCUT2D eigenvalue weighted by atomic mass is 32.2.